The van der Waals surface area contributed by atoms with Gasteiger partial charge in [0.05, 0.1) is 18.5 Å². The van der Waals surface area contributed by atoms with Crippen molar-refractivity contribution < 1.29 is 23.1 Å². The molecule has 8 heteroatoms. The summed E-state index contributed by atoms with van der Waals surface area (Å²) in [4.78, 5) is 12.6. The molecule has 0 amide bonds. The van der Waals surface area contributed by atoms with E-state index >= 15 is 0 Å². The fourth-order valence-electron chi connectivity index (χ4n) is 1.58. The lowest BCUT2D eigenvalue weighted by molar-refractivity contribution is -0.140. The van der Waals surface area contributed by atoms with E-state index in [0.717, 1.165) is 0 Å². The third-order valence-corrected chi connectivity index (χ3v) is 3.76. The van der Waals surface area contributed by atoms with Crippen molar-refractivity contribution in [1.29, 1.82) is 0 Å². The topological polar surface area (TPSA) is 95.9 Å². The Labute approximate surface area is 115 Å². The van der Waals surface area contributed by atoms with Crippen molar-refractivity contribution in [3.8, 4) is 0 Å². The molecule has 0 rings (SSSR count). The summed E-state index contributed by atoms with van der Waals surface area (Å²) in [6.07, 6.45) is 0.253. The van der Waals surface area contributed by atoms with E-state index < -0.39 is 21.6 Å². The van der Waals surface area contributed by atoms with Crippen molar-refractivity contribution >= 4 is 16.0 Å². The van der Waals surface area contributed by atoms with Gasteiger partial charge in [-0.25, -0.2) is 13.1 Å². The van der Waals surface area contributed by atoms with Crippen LogP contribution < -0.4 is 4.72 Å². The Kier molecular flexibility index (Phi) is 7.50. The maximum absolute atomic E-state index is 11.6. The van der Waals surface area contributed by atoms with Gasteiger partial charge in [0.15, 0.2) is 0 Å². The second-order valence-corrected chi connectivity index (χ2v) is 6.98. The fourth-order valence-corrected chi connectivity index (χ4v) is 2.78. The summed E-state index contributed by atoms with van der Waals surface area (Å²) in [7, 11) is 1.35. The Balaban J connectivity index is 4.13. The third kappa shape index (κ3) is 9.83. The maximum atomic E-state index is 11.6. The molecule has 0 spiro atoms. The molecule has 0 aliphatic heterocycles. The highest BCUT2D eigenvalue weighted by molar-refractivity contribution is 7.89. The van der Waals surface area contributed by atoms with E-state index in [9.17, 15) is 18.3 Å². The van der Waals surface area contributed by atoms with Gasteiger partial charge in [-0.2, -0.15) is 0 Å². The van der Waals surface area contributed by atoms with Crippen molar-refractivity contribution in [3.63, 3.8) is 0 Å². The molecule has 1 unspecified atom stereocenters. The predicted molar refractivity (Wildman–Crippen MR) is 72.2 cm³/mol. The number of nitrogens with one attached hydrogen (secondary N) is 1. The molecule has 1 atom stereocenters. The second kappa shape index (κ2) is 7.78. The number of carbonyl (C=O) groups is 1. The van der Waals surface area contributed by atoms with Gasteiger partial charge in [0, 0.05) is 19.5 Å². The Morgan fingerprint density at radius 1 is 1.42 bits per heavy atom. The van der Waals surface area contributed by atoms with Crippen molar-refractivity contribution in [2.45, 2.75) is 25.4 Å². The van der Waals surface area contributed by atoms with Crippen LogP contribution in [0.15, 0.2) is 0 Å². The van der Waals surface area contributed by atoms with Crippen LogP contribution in [0.25, 0.3) is 0 Å². The summed E-state index contributed by atoms with van der Waals surface area (Å²) in [5.41, 5.74) is -1.14. The van der Waals surface area contributed by atoms with Crippen molar-refractivity contribution in [1.82, 2.24) is 9.62 Å². The average molecular weight is 296 g/mol. The van der Waals surface area contributed by atoms with Crippen LogP contribution in [0.5, 0.6) is 0 Å². The van der Waals surface area contributed by atoms with Crippen molar-refractivity contribution in [2.24, 2.45) is 0 Å². The highest BCUT2D eigenvalue weighted by Crippen LogP contribution is 2.04. The fraction of sp³-hybridized carbons (Fsp3) is 0.909. The van der Waals surface area contributed by atoms with E-state index in [1.54, 1.807) is 25.9 Å². The van der Waals surface area contributed by atoms with Crippen molar-refractivity contribution in [3.05, 3.63) is 0 Å². The molecule has 0 aliphatic rings. The summed E-state index contributed by atoms with van der Waals surface area (Å²) in [5, 5.41) is 9.96. The number of sulfonamides is 1. The highest BCUT2D eigenvalue weighted by Gasteiger charge is 2.24. The van der Waals surface area contributed by atoms with Crippen LogP contribution in [0.2, 0.25) is 0 Å². The van der Waals surface area contributed by atoms with Crippen LogP contribution in [0, 0.1) is 0 Å². The normalized spacial score (nSPS) is 15.3. The number of esters is 1. The first-order valence-electron chi connectivity index (χ1n) is 5.99. The molecule has 7 nitrogen and oxygen atoms in total. The van der Waals surface area contributed by atoms with E-state index in [1.165, 1.54) is 7.11 Å². The number of likely N-dealkylation sites (N-methyl/N-ethyl adjacent to an activating group) is 1. The molecule has 0 aromatic carbocycles. The lowest BCUT2D eigenvalue weighted by atomic mass is 10.1. The first-order valence-corrected chi connectivity index (χ1v) is 7.64. The lowest BCUT2D eigenvalue weighted by Gasteiger charge is -2.27. The van der Waals surface area contributed by atoms with Crippen LogP contribution in [0.3, 0.4) is 0 Å². The van der Waals surface area contributed by atoms with Gasteiger partial charge >= 0.3 is 5.97 Å². The zero-order chi connectivity index (χ0) is 15.1. The molecular formula is C11H24N2O5S. The van der Waals surface area contributed by atoms with E-state index in [2.05, 4.69) is 9.46 Å². The summed E-state index contributed by atoms with van der Waals surface area (Å²) in [6, 6.07) is 0. The second-order valence-electron chi connectivity index (χ2n) is 5.05. The minimum Gasteiger partial charge on any atom is -0.469 e. The van der Waals surface area contributed by atoms with Gasteiger partial charge in [-0.3, -0.25) is 4.79 Å². The van der Waals surface area contributed by atoms with E-state index in [1.807, 2.05) is 0 Å². The summed E-state index contributed by atoms with van der Waals surface area (Å²) >= 11 is 0. The molecule has 19 heavy (non-hydrogen) atoms. The van der Waals surface area contributed by atoms with E-state index in [4.69, 9.17) is 0 Å². The predicted octanol–water partition coefficient (Wildman–Crippen LogP) is -0.828. The number of ether oxygens (including phenoxy) is 1. The number of hydrogen-bond acceptors (Lipinski definition) is 6. The molecule has 0 heterocycles. The summed E-state index contributed by atoms with van der Waals surface area (Å²) < 4.78 is 30.1. The van der Waals surface area contributed by atoms with Gasteiger partial charge in [-0.05, 0) is 27.4 Å². The molecule has 0 saturated heterocycles. The zero-order valence-electron chi connectivity index (χ0n) is 12.0. The highest BCUT2D eigenvalue weighted by atomic mass is 32.2. The van der Waals surface area contributed by atoms with Gasteiger partial charge in [0.2, 0.25) is 10.0 Å². The maximum Gasteiger partial charge on any atom is 0.305 e. The number of carbonyl (C=O) groups excluding carboxylic acids is 1. The lowest BCUT2D eigenvalue weighted by Crippen LogP contribution is -2.47. The molecule has 0 aromatic heterocycles. The minimum absolute atomic E-state index is 0.0610. The first kappa shape index (κ1) is 18.3. The quantitative estimate of drug-likeness (QED) is 0.539. The van der Waals surface area contributed by atoms with Crippen LogP contribution >= 0.6 is 0 Å². The first-order chi connectivity index (χ1) is 8.58. The van der Waals surface area contributed by atoms with Crippen LogP contribution in [-0.2, 0) is 19.6 Å². The van der Waals surface area contributed by atoms with Crippen LogP contribution in [0.4, 0.5) is 0 Å². The molecule has 0 radical (unpaired) electrons. The standard InChI is InChI=1S/C11H24N2O5S/c1-11(15,9-13(2)3)8-12-19(16,17)7-5-6-10(14)18-4/h12,15H,5-9H2,1-4H3. The molecule has 0 fully saturated rings. The molecule has 0 aromatic rings. The third-order valence-electron chi connectivity index (χ3n) is 2.35. The number of hydrogen-bond donors (Lipinski definition) is 2. The molecule has 114 valence electrons. The average Bonchev–Trinajstić information content (AvgIpc) is 2.24. The van der Waals surface area contributed by atoms with Gasteiger partial charge in [-0.15, -0.1) is 0 Å². The van der Waals surface area contributed by atoms with E-state index in [0.29, 0.717) is 6.54 Å². The zero-order valence-corrected chi connectivity index (χ0v) is 12.8. The van der Waals surface area contributed by atoms with Crippen LogP contribution in [-0.4, -0.2) is 70.0 Å². The largest absolute Gasteiger partial charge is 0.469 e. The van der Waals surface area contributed by atoms with E-state index in [-0.39, 0.29) is 25.1 Å². The Hall–Kier alpha value is -0.700. The molecule has 0 bridgehead atoms. The summed E-state index contributed by atoms with van der Waals surface area (Å²) in [6.45, 7) is 1.84. The Morgan fingerprint density at radius 2 is 2.00 bits per heavy atom. The monoisotopic (exact) mass is 296 g/mol. The van der Waals surface area contributed by atoms with Gasteiger partial charge in [0.1, 0.15) is 0 Å². The Morgan fingerprint density at radius 3 is 2.47 bits per heavy atom. The number of rotatable bonds is 9. The van der Waals surface area contributed by atoms with Crippen molar-refractivity contribution in [2.75, 3.05) is 40.0 Å². The molecule has 0 saturated carbocycles. The molecule has 2 N–H and O–H groups in total. The Bertz CT molecular complexity index is 379. The smallest absolute Gasteiger partial charge is 0.305 e. The molecular weight excluding hydrogens is 272 g/mol. The SMILES string of the molecule is COC(=O)CCCS(=O)(=O)NCC(C)(O)CN(C)C. The summed E-state index contributed by atoms with van der Waals surface area (Å²) in [5.74, 6) is -0.602. The number of aliphatic hydroxyl groups is 1. The molecule has 0 aliphatic carbocycles. The van der Waals surface area contributed by atoms with Crippen LogP contribution in [0.1, 0.15) is 19.8 Å². The van der Waals surface area contributed by atoms with Gasteiger partial charge < -0.3 is 14.7 Å². The van der Waals surface area contributed by atoms with Gasteiger partial charge in [-0.1, -0.05) is 0 Å². The number of nitrogens with zero attached hydrogens (tertiary/aromatic N) is 1. The number of methoxy groups -OCH3 is 1. The minimum atomic E-state index is -3.49. The van der Waals surface area contributed by atoms with Gasteiger partial charge in [0.25, 0.3) is 0 Å².